The predicted molar refractivity (Wildman–Crippen MR) is 80.6 cm³/mol. The van der Waals surface area contributed by atoms with Crippen molar-refractivity contribution in [2.75, 3.05) is 0 Å². The van der Waals surface area contributed by atoms with Gasteiger partial charge < -0.3 is 4.42 Å². The molecule has 1 heterocycles. The van der Waals surface area contributed by atoms with Gasteiger partial charge in [-0.3, -0.25) is 4.79 Å². The van der Waals surface area contributed by atoms with Gasteiger partial charge in [0.2, 0.25) is 0 Å². The fourth-order valence-corrected chi connectivity index (χ4v) is 2.55. The number of para-hydroxylation sites is 1. The second-order valence-corrected chi connectivity index (χ2v) is 5.11. The van der Waals surface area contributed by atoms with Crippen molar-refractivity contribution in [1.29, 1.82) is 0 Å². The predicted octanol–water partition coefficient (Wildman–Crippen LogP) is 4.06. The molecule has 3 rings (SSSR count). The SMILES string of the molecule is O=c1cc(-c2ccccc2I)oc2ccccc12. The van der Waals surface area contributed by atoms with Crippen LogP contribution < -0.4 is 5.43 Å². The Morgan fingerprint density at radius 2 is 1.67 bits per heavy atom. The maximum atomic E-state index is 12.0. The third-order valence-electron chi connectivity index (χ3n) is 2.77. The molecule has 1 aromatic heterocycles. The first-order valence-corrected chi connectivity index (χ1v) is 6.61. The van der Waals surface area contributed by atoms with E-state index in [4.69, 9.17) is 4.42 Å². The van der Waals surface area contributed by atoms with Crippen molar-refractivity contribution in [3.05, 3.63) is 68.4 Å². The molecule has 88 valence electrons. The smallest absolute Gasteiger partial charge is 0.193 e. The van der Waals surface area contributed by atoms with Crippen LogP contribution in [0.3, 0.4) is 0 Å². The zero-order chi connectivity index (χ0) is 12.5. The molecule has 2 aromatic carbocycles. The zero-order valence-electron chi connectivity index (χ0n) is 9.39. The Morgan fingerprint density at radius 3 is 2.50 bits per heavy atom. The monoisotopic (exact) mass is 348 g/mol. The standard InChI is InChI=1S/C15H9IO2/c16-12-7-3-1-5-10(12)15-9-13(17)11-6-2-4-8-14(11)18-15/h1-9H. The summed E-state index contributed by atoms with van der Waals surface area (Å²) in [6.45, 7) is 0. The van der Waals surface area contributed by atoms with Crippen LogP contribution in [-0.2, 0) is 0 Å². The molecule has 18 heavy (non-hydrogen) atoms. The highest BCUT2D eigenvalue weighted by Gasteiger charge is 2.08. The van der Waals surface area contributed by atoms with Gasteiger partial charge in [-0.05, 0) is 40.8 Å². The molecule has 0 spiro atoms. The van der Waals surface area contributed by atoms with Crippen LogP contribution in [0.4, 0.5) is 0 Å². The molecule has 3 aromatic rings. The van der Waals surface area contributed by atoms with Gasteiger partial charge in [0.1, 0.15) is 11.3 Å². The lowest BCUT2D eigenvalue weighted by Gasteiger charge is -2.04. The van der Waals surface area contributed by atoms with Gasteiger partial charge in [-0.15, -0.1) is 0 Å². The van der Waals surface area contributed by atoms with E-state index in [1.54, 1.807) is 12.1 Å². The van der Waals surface area contributed by atoms with Crippen molar-refractivity contribution in [1.82, 2.24) is 0 Å². The average molecular weight is 348 g/mol. The van der Waals surface area contributed by atoms with Crippen molar-refractivity contribution < 1.29 is 4.42 Å². The van der Waals surface area contributed by atoms with Gasteiger partial charge in [-0.25, -0.2) is 0 Å². The zero-order valence-corrected chi connectivity index (χ0v) is 11.5. The van der Waals surface area contributed by atoms with E-state index in [-0.39, 0.29) is 5.43 Å². The fraction of sp³-hybridized carbons (Fsp3) is 0. The van der Waals surface area contributed by atoms with Crippen LogP contribution >= 0.6 is 22.6 Å². The van der Waals surface area contributed by atoms with E-state index in [1.807, 2.05) is 42.5 Å². The quantitative estimate of drug-likeness (QED) is 0.621. The Balaban J connectivity index is 2.32. The minimum Gasteiger partial charge on any atom is -0.456 e. The van der Waals surface area contributed by atoms with Gasteiger partial charge in [0.15, 0.2) is 5.43 Å². The van der Waals surface area contributed by atoms with E-state index in [2.05, 4.69) is 22.6 Å². The number of fused-ring (bicyclic) bond motifs is 1. The van der Waals surface area contributed by atoms with Crippen LogP contribution in [-0.4, -0.2) is 0 Å². The number of halogens is 1. The van der Waals surface area contributed by atoms with Gasteiger partial charge >= 0.3 is 0 Å². The molecular weight excluding hydrogens is 339 g/mol. The molecule has 0 saturated carbocycles. The van der Waals surface area contributed by atoms with Crippen LogP contribution in [0, 0.1) is 3.57 Å². The molecule has 0 saturated heterocycles. The minimum absolute atomic E-state index is 0.00787. The second-order valence-electron chi connectivity index (χ2n) is 3.95. The normalized spacial score (nSPS) is 10.7. The largest absolute Gasteiger partial charge is 0.456 e. The van der Waals surface area contributed by atoms with Gasteiger partial charge in [-0.2, -0.15) is 0 Å². The summed E-state index contributed by atoms with van der Waals surface area (Å²) < 4.78 is 6.87. The molecular formula is C15H9IO2. The second kappa shape index (κ2) is 4.57. The number of hydrogen-bond acceptors (Lipinski definition) is 2. The first-order chi connectivity index (χ1) is 8.75. The lowest BCUT2D eigenvalue weighted by Crippen LogP contribution is -2.00. The molecule has 3 heteroatoms. The molecule has 2 nitrogen and oxygen atoms in total. The third-order valence-corrected chi connectivity index (χ3v) is 3.71. The molecule has 0 aliphatic heterocycles. The van der Waals surface area contributed by atoms with Crippen LogP contribution in [0.25, 0.3) is 22.3 Å². The fourth-order valence-electron chi connectivity index (χ4n) is 1.90. The van der Waals surface area contributed by atoms with Crippen molar-refractivity contribution in [3.8, 4) is 11.3 Å². The number of benzene rings is 2. The highest BCUT2D eigenvalue weighted by atomic mass is 127. The van der Waals surface area contributed by atoms with E-state index in [0.29, 0.717) is 16.7 Å². The highest BCUT2D eigenvalue weighted by molar-refractivity contribution is 14.1. The highest BCUT2D eigenvalue weighted by Crippen LogP contribution is 2.26. The molecule has 0 fully saturated rings. The molecule has 0 unspecified atom stereocenters. The molecule has 0 aliphatic carbocycles. The molecule has 0 N–H and O–H groups in total. The summed E-state index contributed by atoms with van der Waals surface area (Å²) in [4.78, 5) is 12.0. The summed E-state index contributed by atoms with van der Waals surface area (Å²) >= 11 is 2.24. The summed E-state index contributed by atoms with van der Waals surface area (Å²) in [5.41, 5.74) is 1.56. The van der Waals surface area contributed by atoms with Crippen molar-refractivity contribution in [2.24, 2.45) is 0 Å². The van der Waals surface area contributed by atoms with Gasteiger partial charge in [0.25, 0.3) is 0 Å². The van der Waals surface area contributed by atoms with Crippen LogP contribution in [0.5, 0.6) is 0 Å². The lowest BCUT2D eigenvalue weighted by atomic mass is 10.1. The molecule has 0 atom stereocenters. The summed E-state index contributed by atoms with van der Waals surface area (Å²) in [5.74, 6) is 0.615. The average Bonchev–Trinajstić information content (AvgIpc) is 2.39. The Kier molecular flexibility index (Phi) is 2.91. The minimum atomic E-state index is -0.00787. The number of hydrogen-bond donors (Lipinski definition) is 0. The van der Waals surface area contributed by atoms with Crippen molar-refractivity contribution in [2.45, 2.75) is 0 Å². The maximum Gasteiger partial charge on any atom is 0.193 e. The van der Waals surface area contributed by atoms with E-state index >= 15 is 0 Å². The maximum absolute atomic E-state index is 12.0. The summed E-state index contributed by atoms with van der Waals surface area (Å²) in [7, 11) is 0. The summed E-state index contributed by atoms with van der Waals surface area (Å²) in [5, 5.41) is 0.618. The molecule has 0 radical (unpaired) electrons. The Bertz CT molecular complexity index is 775. The van der Waals surface area contributed by atoms with Crippen LogP contribution in [0.1, 0.15) is 0 Å². The van der Waals surface area contributed by atoms with Crippen LogP contribution in [0.15, 0.2) is 63.8 Å². The van der Waals surface area contributed by atoms with Gasteiger partial charge in [0, 0.05) is 15.2 Å². The van der Waals surface area contributed by atoms with Crippen molar-refractivity contribution >= 4 is 33.6 Å². The lowest BCUT2D eigenvalue weighted by molar-refractivity contribution is 0.618. The topological polar surface area (TPSA) is 30.2 Å². The van der Waals surface area contributed by atoms with Crippen LogP contribution in [0.2, 0.25) is 0 Å². The Labute approximate surface area is 117 Å². The molecule has 0 bridgehead atoms. The van der Waals surface area contributed by atoms with E-state index < -0.39 is 0 Å². The van der Waals surface area contributed by atoms with E-state index in [1.165, 1.54) is 0 Å². The first-order valence-electron chi connectivity index (χ1n) is 5.53. The van der Waals surface area contributed by atoms with E-state index in [9.17, 15) is 4.79 Å². The third kappa shape index (κ3) is 1.95. The summed E-state index contributed by atoms with van der Waals surface area (Å²) in [6, 6.07) is 16.7. The first kappa shape index (κ1) is 11.5. The number of rotatable bonds is 1. The summed E-state index contributed by atoms with van der Waals surface area (Å²) in [6.07, 6.45) is 0. The molecule has 0 amide bonds. The molecule has 0 aliphatic rings. The Hall–Kier alpha value is -1.62. The van der Waals surface area contributed by atoms with E-state index in [0.717, 1.165) is 9.13 Å². The Morgan fingerprint density at radius 1 is 0.944 bits per heavy atom. The van der Waals surface area contributed by atoms with Gasteiger partial charge in [-0.1, -0.05) is 30.3 Å². The van der Waals surface area contributed by atoms with Crippen molar-refractivity contribution in [3.63, 3.8) is 0 Å². The van der Waals surface area contributed by atoms with Gasteiger partial charge in [0.05, 0.1) is 5.39 Å².